The molecule has 0 N–H and O–H groups in total. The van der Waals surface area contributed by atoms with Crippen molar-refractivity contribution in [3.8, 4) is 0 Å². The van der Waals surface area contributed by atoms with E-state index >= 15 is 0 Å². The average molecular weight is 923 g/mol. The molecule has 0 aliphatic carbocycles. The van der Waals surface area contributed by atoms with E-state index in [4.69, 9.17) is 14.2 Å². The van der Waals surface area contributed by atoms with Crippen LogP contribution in [-0.4, -0.2) is 37.2 Å². The Kier molecular flexibility index (Phi) is 50.1. The van der Waals surface area contributed by atoms with Crippen LogP contribution in [-0.2, 0) is 28.6 Å². The molecule has 0 aromatic carbocycles. The van der Waals surface area contributed by atoms with Gasteiger partial charge in [0.15, 0.2) is 6.10 Å². The molecule has 0 aliphatic rings. The van der Waals surface area contributed by atoms with Crippen molar-refractivity contribution in [2.75, 3.05) is 13.2 Å². The second kappa shape index (κ2) is 53.9. The fraction of sp³-hybridized carbons (Fsp3) is 0.557. The van der Waals surface area contributed by atoms with Gasteiger partial charge in [-0.2, -0.15) is 0 Å². The fourth-order valence-corrected chi connectivity index (χ4v) is 6.44. The maximum atomic E-state index is 12.8. The molecule has 6 heteroatoms. The lowest BCUT2D eigenvalue weighted by Gasteiger charge is -2.18. The molecule has 6 nitrogen and oxygen atoms in total. The van der Waals surface area contributed by atoms with Gasteiger partial charge in [0.25, 0.3) is 0 Å². The highest BCUT2D eigenvalue weighted by molar-refractivity contribution is 5.71. The molecular formula is C61H94O6. The van der Waals surface area contributed by atoms with Crippen molar-refractivity contribution < 1.29 is 28.6 Å². The van der Waals surface area contributed by atoms with Crippen LogP contribution < -0.4 is 0 Å². The van der Waals surface area contributed by atoms with E-state index in [0.717, 1.165) is 109 Å². The predicted molar refractivity (Wildman–Crippen MR) is 288 cm³/mol. The van der Waals surface area contributed by atoms with Crippen LogP contribution >= 0.6 is 0 Å². The van der Waals surface area contributed by atoms with E-state index in [0.29, 0.717) is 19.3 Å². The van der Waals surface area contributed by atoms with Gasteiger partial charge >= 0.3 is 17.9 Å². The van der Waals surface area contributed by atoms with E-state index in [1.54, 1.807) is 0 Å². The minimum atomic E-state index is -0.848. The molecule has 67 heavy (non-hydrogen) atoms. The average Bonchev–Trinajstić information content (AvgIpc) is 3.33. The van der Waals surface area contributed by atoms with E-state index in [-0.39, 0.29) is 38.0 Å². The van der Waals surface area contributed by atoms with E-state index in [9.17, 15) is 14.4 Å². The highest BCUT2D eigenvalue weighted by atomic mass is 16.6. The van der Waals surface area contributed by atoms with Gasteiger partial charge in [-0.25, -0.2) is 0 Å². The Hall–Kier alpha value is -4.71. The molecule has 0 saturated heterocycles. The fourth-order valence-electron chi connectivity index (χ4n) is 6.44. The van der Waals surface area contributed by atoms with Crippen LogP contribution in [0.4, 0.5) is 0 Å². The second-order valence-electron chi connectivity index (χ2n) is 16.7. The number of hydrogen-bond acceptors (Lipinski definition) is 6. The van der Waals surface area contributed by atoms with Crippen LogP contribution in [0.25, 0.3) is 0 Å². The number of esters is 3. The van der Waals surface area contributed by atoms with Gasteiger partial charge in [-0.1, -0.05) is 205 Å². The molecule has 0 spiro atoms. The predicted octanol–water partition coefficient (Wildman–Crippen LogP) is 17.6. The molecule has 0 unspecified atom stereocenters. The van der Waals surface area contributed by atoms with Gasteiger partial charge in [0, 0.05) is 19.3 Å². The number of carbonyl (C=O) groups excluding carboxylic acids is 3. The van der Waals surface area contributed by atoms with Crippen molar-refractivity contribution in [2.45, 2.75) is 207 Å². The molecule has 0 radical (unpaired) electrons. The number of unbranched alkanes of at least 4 members (excludes halogenated alkanes) is 10. The largest absolute Gasteiger partial charge is 0.462 e. The van der Waals surface area contributed by atoms with Crippen molar-refractivity contribution in [1.29, 1.82) is 0 Å². The summed E-state index contributed by atoms with van der Waals surface area (Å²) in [4.78, 5) is 38.0. The number of hydrogen-bond donors (Lipinski definition) is 0. The number of carbonyl (C=O) groups is 3. The molecule has 0 heterocycles. The van der Waals surface area contributed by atoms with E-state index in [1.165, 1.54) is 38.5 Å². The minimum Gasteiger partial charge on any atom is -0.462 e. The maximum absolute atomic E-state index is 12.8. The maximum Gasteiger partial charge on any atom is 0.306 e. The highest BCUT2D eigenvalue weighted by Gasteiger charge is 2.19. The van der Waals surface area contributed by atoms with E-state index in [2.05, 4.69) is 154 Å². The first kappa shape index (κ1) is 62.3. The van der Waals surface area contributed by atoms with Gasteiger partial charge in [0.1, 0.15) is 13.2 Å². The Morgan fingerprint density at radius 1 is 0.313 bits per heavy atom. The van der Waals surface area contributed by atoms with Gasteiger partial charge in [-0.3, -0.25) is 14.4 Å². The summed E-state index contributed by atoms with van der Waals surface area (Å²) in [6, 6.07) is 0. The third kappa shape index (κ3) is 52.1. The molecule has 0 aromatic rings. The lowest BCUT2D eigenvalue weighted by molar-refractivity contribution is -0.166. The zero-order valence-electron chi connectivity index (χ0n) is 42.6. The first-order valence-corrected chi connectivity index (χ1v) is 26.3. The molecule has 0 aliphatic heterocycles. The second-order valence-corrected chi connectivity index (χ2v) is 16.7. The van der Waals surface area contributed by atoms with Crippen LogP contribution in [0.15, 0.2) is 146 Å². The summed E-state index contributed by atoms with van der Waals surface area (Å²) in [6.45, 7) is 6.25. The van der Waals surface area contributed by atoms with Crippen LogP contribution in [0, 0.1) is 0 Å². The van der Waals surface area contributed by atoms with Gasteiger partial charge in [-0.15, -0.1) is 0 Å². The van der Waals surface area contributed by atoms with Crippen molar-refractivity contribution in [2.24, 2.45) is 0 Å². The van der Waals surface area contributed by atoms with Gasteiger partial charge in [-0.05, 0) is 122 Å². The van der Waals surface area contributed by atoms with E-state index in [1.807, 2.05) is 12.2 Å². The molecule has 0 bridgehead atoms. The van der Waals surface area contributed by atoms with Crippen LogP contribution in [0.5, 0.6) is 0 Å². The third-order valence-corrected chi connectivity index (χ3v) is 10.3. The Labute approximate surface area is 410 Å². The van der Waals surface area contributed by atoms with Crippen molar-refractivity contribution in [3.63, 3.8) is 0 Å². The van der Waals surface area contributed by atoms with Crippen LogP contribution in [0.2, 0.25) is 0 Å². The third-order valence-electron chi connectivity index (χ3n) is 10.3. The summed E-state index contributed by atoms with van der Waals surface area (Å²) in [5, 5.41) is 0. The highest BCUT2D eigenvalue weighted by Crippen LogP contribution is 2.11. The molecular weight excluding hydrogens is 829 g/mol. The minimum absolute atomic E-state index is 0.134. The lowest BCUT2D eigenvalue weighted by atomic mass is 10.1. The topological polar surface area (TPSA) is 78.9 Å². The zero-order chi connectivity index (χ0) is 48.6. The summed E-state index contributed by atoms with van der Waals surface area (Å²) >= 11 is 0. The molecule has 1 atom stereocenters. The molecule has 0 saturated carbocycles. The Balaban J connectivity index is 4.63. The summed E-state index contributed by atoms with van der Waals surface area (Å²) in [5.41, 5.74) is 0. The first-order valence-electron chi connectivity index (χ1n) is 26.3. The zero-order valence-corrected chi connectivity index (χ0v) is 42.6. The van der Waals surface area contributed by atoms with Crippen molar-refractivity contribution >= 4 is 17.9 Å². The quantitative estimate of drug-likeness (QED) is 0.0262. The van der Waals surface area contributed by atoms with E-state index < -0.39 is 12.1 Å². The smallest absolute Gasteiger partial charge is 0.306 e. The van der Waals surface area contributed by atoms with Gasteiger partial charge in [0.05, 0.1) is 0 Å². The SMILES string of the molecule is CC/C=C\C/C=C\C/C=C\C/C=C\C/C=C\C/C=C\CCC(=O)OC[C@H](COC(=O)CCCCCCC/C=C\CCCCCC)OC(=O)CCC/C=C\C/C=C\C/C=C\C/C=C\C/C=C\CC. The number of allylic oxidation sites excluding steroid dienone is 24. The molecule has 0 aromatic heterocycles. The van der Waals surface area contributed by atoms with Gasteiger partial charge < -0.3 is 14.2 Å². The van der Waals surface area contributed by atoms with Crippen LogP contribution in [0.3, 0.4) is 0 Å². The summed E-state index contributed by atoms with van der Waals surface area (Å²) < 4.78 is 16.7. The molecule has 0 rings (SSSR count). The lowest BCUT2D eigenvalue weighted by Crippen LogP contribution is -2.30. The Morgan fingerprint density at radius 2 is 0.627 bits per heavy atom. The first-order chi connectivity index (χ1) is 33.0. The normalized spacial score (nSPS) is 13.3. The number of rotatable bonds is 45. The number of ether oxygens (including phenoxy) is 3. The van der Waals surface area contributed by atoms with Gasteiger partial charge in [0.2, 0.25) is 0 Å². The molecule has 0 amide bonds. The standard InChI is InChI=1S/C61H94O6/c1-4-7-10-13-16-19-22-25-27-29-30-32-33-36-39-42-45-48-51-54-60(63)66-57-58(56-65-59(62)53-50-47-44-41-38-35-24-21-18-15-12-9-6-3)67-61(64)55-52-49-46-43-40-37-34-31-28-26-23-20-17-14-11-8-5-2/h7-8,10-11,16-17,19-21,24-28,30,32,34,36-37,39,43,45-46,48,58H,4-6,9,12-15,18,22-23,29,31,33,35,38,40-42,44,47,49-57H2,1-3H3/b10-7-,11-8-,19-16-,20-17-,24-21-,27-25-,28-26-,32-30-,37-34-,39-36-,46-43-,48-45-/t58-/m0/s1. The molecule has 0 fully saturated rings. The summed E-state index contributed by atoms with van der Waals surface area (Å²) in [5.74, 6) is -1.10. The Bertz CT molecular complexity index is 1530. The molecule has 374 valence electrons. The summed E-state index contributed by atoms with van der Waals surface area (Å²) in [6.07, 6.45) is 77.0. The Morgan fingerprint density at radius 3 is 1.06 bits per heavy atom. The van der Waals surface area contributed by atoms with Crippen molar-refractivity contribution in [1.82, 2.24) is 0 Å². The van der Waals surface area contributed by atoms with Crippen LogP contribution in [0.1, 0.15) is 201 Å². The van der Waals surface area contributed by atoms with Crippen molar-refractivity contribution in [3.05, 3.63) is 146 Å². The monoisotopic (exact) mass is 923 g/mol. The summed E-state index contributed by atoms with van der Waals surface area (Å²) in [7, 11) is 0.